The van der Waals surface area contributed by atoms with E-state index >= 15 is 0 Å². The molecular formula is C20H21N7. The van der Waals surface area contributed by atoms with E-state index in [0.717, 1.165) is 52.6 Å². The number of pyridine rings is 1. The van der Waals surface area contributed by atoms with E-state index in [2.05, 4.69) is 63.1 Å². The summed E-state index contributed by atoms with van der Waals surface area (Å²) in [6.07, 6.45) is 3.61. The van der Waals surface area contributed by atoms with Gasteiger partial charge in [-0.3, -0.25) is 0 Å². The molecule has 1 aromatic carbocycles. The monoisotopic (exact) mass is 359 g/mol. The van der Waals surface area contributed by atoms with Gasteiger partial charge in [-0.1, -0.05) is 24.3 Å². The van der Waals surface area contributed by atoms with Gasteiger partial charge in [0.05, 0.1) is 23.2 Å². The number of anilines is 2. The molecule has 3 aromatic heterocycles. The summed E-state index contributed by atoms with van der Waals surface area (Å²) in [7, 11) is 0. The molecule has 5 rings (SSSR count). The standard InChI is InChI=1S/C20H21N7/c21-8-13-1-3-14(4-2-13)18-7-16-5-6-17-20(27(16)26-18)24-10-15(9-23-17)19-11-22-12-25-19/h1-7,11-12,15,23-24H,8-10,21H2,(H,22,25). The van der Waals surface area contributed by atoms with Crippen molar-refractivity contribution in [1.29, 1.82) is 0 Å². The van der Waals surface area contributed by atoms with E-state index in [1.807, 2.05) is 10.7 Å². The second-order valence-electron chi connectivity index (χ2n) is 6.83. The number of nitrogens with zero attached hydrogens (tertiary/aromatic N) is 3. The second-order valence-corrected chi connectivity index (χ2v) is 6.83. The largest absolute Gasteiger partial charge is 0.381 e. The third-order valence-electron chi connectivity index (χ3n) is 5.12. The third kappa shape index (κ3) is 2.82. The lowest BCUT2D eigenvalue weighted by molar-refractivity contribution is 0.742. The highest BCUT2D eigenvalue weighted by molar-refractivity contribution is 5.75. The Morgan fingerprint density at radius 3 is 2.70 bits per heavy atom. The Bertz CT molecular complexity index is 1060. The van der Waals surface area contributed by atoms with Crippen molar-refractivity contribution in [2.75, 3.05) is 23.7 Å². The summed E-state index contributed by atoms with van der Waals surface area (Å²) in [4.78, 5) is 7.35. The highest BCUT2D eigenvalue weighted by atomic mass is 15.3. The minimum atomic E-state index is 0.314. The predicted molar refractivity (Wildman–Crippen MR) is 107 cm³/mol. The van der Waals surface area contributed by atoms with Gasteiger partial charge >= 0.3 is 0 Å². The summed E-state index contributed by atoms with van der Waals surface area (Å²) in [5.41, 5.74) is 12.1. The molecule has 0 bridgehead atoms. The van der Waals surface area contributed by atoms with Crippen LogP contribution in [0, 0.1) is 0 Å². The summed E-state index contributed by atoms with van der Waals surface area (Å²) in [5, 5.41) is 11.9. The minimum Gasteiger partial charge on any atom is -0.381 e. The van der Waals surface area contributed by atoms with Crippen molar-refractivity contribution in [2.45, 2.75) is 12.5 Å². The molecule has 1 atom stereocenters. The molecule has 1 aliphatic rings. The molecule has 0 saturated carbocycles. The molecule has 1 aliphatic heterocycles. The molecule has 136 valence electrons. The fourth-order valence-electron chi connectivity index (χ4n) is 3.56. The molecule has 0 radical (unpaired) electrons. The Morgan fingerprint density at radius 2 is 1.93 bits per heavy atom. The molecule has 7 heteroatoms. The van der Waals surface area contributed by atoms with Gasteiger partial charge in [-0.25, -0.2) is 9.50 Å². The van der Waals surface area contributed by atoms with E-state index in [4.69, 9.17) is 10.8 Å². The fourth-order valence-corrected chi connectivity index (χ4v) is 3.56. The Hall–Kier alpha value is -3.32. The van der Waals surface area contributed by atoms with Crippen LogP contribution in [0.15, 0.2) is 55.0 Å². The molecule has 0 amide bonds. The van der Waals surface area contributed by atoms with Crippen LogP contribution in [0.1, 0.15) is 17.2 Å². The average Bonchev–Trinajstić information content (AvgIpc) is 3.34. The fraction of sp³-hybridized carbons (Fsp3) is 0.200. The van der Waals surface area contributed by atoms with Crippen molar-refractivity contribution < 1.29 is 0 Å². The zero-order valence-electron chi connectivity index (χ0n) is 14.8. The number of benzene rings is 1. The van der Waals surface area contributed by atoms with Crippen LogP contribution >= 0.6 is 0 Å². The number of hydrogen-bond acceptors (Lipinski definition) is 5. The Morgan fingerprint density at radius 1 is 1.07 bits per heavy atom. The molecule has 4 heterocycles. The number of fused-ring (bicyclic) bond motifs is 3. The van der Waals surface area contributed by atoms with Gasteiger partial charge in [0.1, 0.15) is 0 Å². The first-order valence-corrected chi connectivity index (χ1v) is 9.10. The Balaban J connectivity index is 1.50. The maximum absolute atomic E-state index is 5.70. The first kappa shape index (κ1) is 15.9. The predicted octanol–water partition coefficient (Wildman–Crippen LogP) is 2.80. The Labute approximate surface area is 156 Å². The zero-order chi connectivity index (χ0) is 18.2. The smallest absolute Gasteiger partial charge is 0.151 e. The molecular weight excluding hydrogens is 338 g/mol. The van der Waals surface area contributed by atoms with Crippen LogP contribution in [0.4, 0.5) is 11.5 Å². The first-order chi connectivity index (χ1) is 13.3. The van der Waals surface area contributed by atoms with Crippen molar-refractivity contribution in [2.24, 2.45) is 5.73 Å². The molecule has 0 aliphatic carbocycles. The zero-order valence-corrected chi connectivity index (χ0v) is 14.8. The summed E-state index contributed by atoms with van der Waals surface area (Å²) in [5.74, 6) is 1.30. The number of aromatic nitrogens is 4. The van der Waals surface area contributed by atoms with Crippen LogP contribution < -0.4 is 16.4 Å². The highest BCUT2D eigenvalue weighted by Crippen LogP contribution is 2.30. The second kappa shape index (κ2) is 6.44. The topological polar surface area (TPSA) is 96.1 Å². The number of aromatic amines is 1. The first-order valence-electron chi connectivity index (χ1n) is 9.10. The van der Waals surface area contributed by atoms with Gasteiger partial charge in [0.15, 0.2) is 5.82 Å². The van der Waals surface area contributed by atoms with Gasteiger partial charge in [0.25, 0.3) is 0 Å². The van der Waals surface area contributed by atoms with Gasteiger partial charge in [0, 0.05) is 43.0 Å². The van der Waals surface area contributed by atoms with E-state index in [1.54, 1.807) is 6.33 Å². The molecule has 7 nitrogen and oxygen atoms in total. The van der Waals surface area contributed by atoms with Gasteiger partial charge in [0.2, 0.25) is 0 Å². The van der Waals surface area contributed by atoms with Crippen LogP contribution in [0.25, 0.3) is 16.8 Å². The maximum Gasteiger partial charge on any atom is 0.151 e. The lowest BCUT2D eigenvalue weighted by Gasteiger charge is -2.12. The Kier molecular flexibility index (Phi) is 3.79. The summed E-state index contributed by atoms with van der Waals surface area (Å²) in [6, 6.07) is 14.6. The molecule has 4 aromatic rings. The molecule has 0 spiro atoms. The van der Waals surface area contributed by atoms with Crippen LogP contribution in [0.3, 0.4) is 0 Å². The van der Waals surface area contributed by atoms with Gasteiger partial charge in [-0.15, -0.1) is 0 Å². The molecule has 1 unspecified atom stereocenters. The van der Waals surface area contributed by atoms with Crippen molar-refractivity contribution >= 4 is 17.0 Å². The average molecular weight is 359 g/mol. The van der Waals surface area contributed by atoms with Crippen LogP contribution in [0.2, 0.25) is 0 Å². The van der Waals surface area contributed by atoms with Crippen molar-refractivity contribution in [1.82, 2.24) is 19.6 Å². The molecule has 0 saturated heterocycles. The van der Waals surface area contributed by atoms with E-state index in [0.29, 0.717) is 12.5 Å². The molecule has 27 heavy (non-hydrogen) atoms. The molecule has 0 fully saturated rings. The highest BCUT2D eigenvalue weighted by Gasteiger charge is 2.20. The van der Waals surface area contributed by atoms with E-state index in [-0.39, 0.29) is 0 Å². The van der Waals surface area contributed by atoms with Crippen molar-refractivity contribution in [3.05, 3.63) is 66.2 Å². The summed E-state index contributed by atoms with van der Waals surface area (Å²) >= 11 is 0. The number of nitrogens with two attached hydrogens (primary N) is 1. The van der Waals surface area contributed by atoms with Gasteiger partial charge in [-0.05, 0) is 23.8 Å². The summed E-state index contributed by atoms with van der Waals surface area (Å²) in [6.45, 7) is 2.19. The van der Waals surface area contributed by atoms with Crippen LogP contribution in [-0.2, 0) is 6.54 Å². The minimum absolute atomic E-state index is 0.314. The lowest BCUT2D eigenvalue weighted by Crippen LogP contribution is -2.17. The summed E-state index contributed by atoms with van der Waals surface area (Å²) < 4.78 is 1.98. The van der Waals surface area contributed by atoms with Crippen molar-refractivity contribution in [3.63, 3.8) is 0 Å². The van der Waals surface area contributed by atoms with Gasteiger partial charge in [-0.2, -0.15) is 5.10 Å². The van der Waals surface area contributed by atoms with Crippen molar-refractivity contribution in [3.8, 4) is 11.3 Å². The quantitative estimate of drug-likeness (QED) is 0.451. The number of nitrogens with one attached hydrogen (secondary N) is 3. The maximum atomic E-state index is 5.70. The number of hydrogen-bond donors (Lipinski definition) is 4. The van der Waals surface area contributed by atoms with Crippen LogP contribution in [0.5, 0.6) is 0 Å². The third-order valence-corrected chi connectivity index (χ3v) is 5.12. The van der Waals surface area contributed by atoms with Gasteiger partial charge < -0.3 is 21.4 Å². The number of rotatable bonds is 3. The van der Waals surface area contributed by atoms with E-state index < -0.39 is 0 Å². The normalized spacial score (nSPS) is 16.4. The van der Waals surface area contributed by atoms with E-state index in [1.165, 1.54) is 0 Å². The molecule has 5 N–H and O–H groups in total. The lowest BCUT2D eigenvalue weighted by atomic mass is 10.1. The number of imidazole rings is 1. The SMILES string of the molecule is NCc1ccc(-c2cc3ccc4c(n3n2)NCC(c2cnc[nH]2)CN4)cc1. The number of H-pyrrole nitrogens is 1. The van der Waals surface area contributed by atoms with E-state index in [9.17, 15) is 0 Å². The van der Waals surface area contributed by atoms with Crippen LogP contribution in [-0.4, -0.2) is 32.7 Å².